The summed E-state index contributed by atoms with van der Waals surface area (Å²) >= 11 is 1.76. The van der Waals surface area contributed by atoms with Gasteiger partial charge in [0, 0.05) is 10.4 Å². The minimum atomic E-state index is 1.18. The molecule has 0 saturated carbocycles. The van der Waals surface area contributed by atoms with E-state index in [2.05, 4.69) is 72.1 Å². The summed E-state index contributed by atoms with van der Waals surface area (Å²) in [5, 5.41) is 7.10. The van der Waals surface area contributed by atoms with Crippen molar-refractivity contribution >= 4 is 32.9 Å². The van der Waals surface area contributed by atoms with E-state index in [9.17, 15) is 0 Å². The number of hydrogen-bond acceptors (Lipinski definition) is 1. The van der Waals surface area contributed by atoms with Gasteiger partial charge >= 0.3 is 0 Å². The van der Waals surface area contributed by atoms with Crippen molar-refractivity contribution in [3.8, 4) is 10.4 Å². The molecule has 1 radical (unpaired) electrons. The molecule has 0 saturated heterocycles. The van der Waals surface area contributed by atoms with E-state index in [0.717, 1.165) is 0 Å². The molecule has 0 bridgehead atoms. The Morgan fingerprint density at radius 2 is 1.58 bits per heavy atom. The van der Waals surface area contributed by atoms with Crippen LogP contribution in [0.2, 0.25) is 0 Å². The van der Waals surface area contributed by atoms with Crippen molar-refractivity contribution in [2.45, 2.75) is 0 Å². The van der Waals surface area contributed by atoms with Crippen LogP contribution in [-0.2, 0) is 0 Å². The van der Waals surface area contributed by atoms with Gasteiger partial charge in [-0.15, -0.1) is 11.3 Å². The van der Waals surface area contributed by atoms with Crippen LogP contribution in [0.1, 0.15) is 0 Å². The molecule has 0 aliphatic heterocycles. The maximum absolute atomic E-state index is 3.53. The SMILES string of the molecule is [c]1c(-c2cccs2)ccc2cc3ccccc3cc12. The normalized spacial score (nSPS) is 11.2. The summed E-state index contributed by atoms with van der Waals surface area (Å²) in [6.45, 7) is 0. The highest BCUT2D eigenvalue weighted by Gasteiger charge is 2.02. The molecule has 1 aromatic heterocycles. The average Bonchev–Trinajstić information content (AvgIpc) is 2.98. The lowest BCUT2D eigenvalue weighted by molar-refractivity contribution is 1.74. The van der Waals surface area contributed by atoms with Gasteiger partial charge < -0.3 is 0 Å². The van der Waals surface area contributed by atoms with Gasteiger partial charge in [-0.05, 0) is 51.2 Å². The molecule has 89 valence electrons. The third-order valence-corrected chi connectivity index (χ3v) is 4.31. The Balaban J connectivity index is 2.00. The van der Waals surface area contributed by atoms with Gasteiger partial charge in [-0.3, -0.25) is 0 Å². The Labute approximate surface area is 115 Å². The van der Waals surface area contributed by atoms with Crippen LogP contribution in [-0.4, -0.2) is 0 Å². The molecular weight excluding hydrogens is 248 g/mol. The fourth-order valence-electron chi connectivity index (χ4n) is 2.44. The summed E-state index contributed by atoms with van der Waals surface area (Å²) in [6, 6.07) is 25.0. The fraction of sp³-hybridized carbons (Fsp3) is 0. The Bertz CT molecular complexity index is 857. The third-order valence-electron chi connectivity index (χ3n) is 3.40. The fourth-order valence-corrected chi connectivity index (χ4v) is 3.15. The highest BCUT2D eigenvalue weighted by atomic mass is 32.1. The Hall–Kier alpha value is -2.12. The predicted molar refractivity (Wildman–Crippen MR) is 83.6 cm³/mol. The van der Waals surface area contributed by atoms with E-state index in [4.69, 9.17) is 0 Å². The molecule has 1 heterocycles. The summed E-state index contributed by atoms with van der Waals surface area (Å²) in [5.74, 6) is 0. The molecule has 0 N–H and O–H groups in total. The number of fused-ring (bicyclic) bond motifs is 2. The molecule has 0 amide bonds. The molecule has 0 atom stereocenters. The largest absolute Gasteiger partial charge is 0.144 e. The zero-order valence-electron chi connectivity index (χ0n) is 10.3. The molecule has 0 aliphatic carbocycles. The van der Waals surface area contributed by atoms with Crippen molar-refractivity contribution in [3.05, 3.63) is 72.1 Å². The first kappa shape index (κ1) is 10.8. The van der Waals surface area contributed by atoms with Crippen molar-refractivity contribution in [1.82, 2.24) is 0 Å². The van der Waals surface area contributed by atoms with E-state index in [0.29, 0.717) is 0 Å². The molecule has 0 aliphatic rings. The number of thiophene rings is 1. The second-order valence-electron chi connectivity index (χ2n) is 4.64. The number of hydrogen-bond donors (Lipinski definition) is 0. The van der Waals surface area contributed by atoms with Gasteiger partial charge in [0.2, 0.25) is 0 Å². The van der Waals surface area contributed by atoms with Gasteiger partial charge in [-0.1, -0.05) is 42.5 Å². The monoisotopic (exact) mass is 259 g/mol. The molecule has 19 heavy (non-hydrogen) atoms. The van der Waals surface area contributed by atoms with Crippen LogP contribution in [0.3, 0.4) is 0 Å². The van der Waals surface area contributed by atoms with Crippen molar-refractivity contribution in [2.75, 3.05) is 0 Å². The number of benzene rings is 3. The van der Waals surface area contributed by atoms with Crippen molar-refractivity contribution in [1.29, 1.82) is 0 Å². The molecule has 0 spiro atoms. The molecule has 3 aromatic carbocycles. The van der Waals surface area contributed by atoms with Crippen LogP contribution in [0.25, 0.3) is 32.0 Å². The minimum absolute atomic E-state index is 1.18. The minimum Gasteiger partial charge on any atom is -0.144 e. The maximum Gasteiger partial charge on any atom is 0.0349 e. The molecule has 0 unspecified atom stereocenters. The topological polar surface area (TPSA) is 0 Å². The maximum atomic E-state index is 3.53. The highest BCUT2D eigenvalue weighted by molar-refractivity contribution is 7.13. The van der Waals surface area contributed by atoms with Crippen LogP contribution in [0.5, 0.6) is 0 Å². The van der Waals surface area contributed by atoms with E-state index < -0.39 is 0 Å². The zero-order valence-corrected chi connectivity index (χ0v) is 11.1. The van der Waals surface area contributed by atoms with Gasteiger partial charge in [0.05, 0.1) is 0 Å². The third kappa shape index (κ3) is 1.83. The van der Waals surface area contributed by atoms with Crippen molar-refractivity contribution < 1.29 is 0 Å². The van der Waals surface area contributed by atoms with Crippen molar-refractivity contribution in [3.63, 3.8) is 0 Å². The van der Waals surface area contributed by atoms with Gasteiger partial charge in [0.15, 0.2) is 0 Å². The summed E-state index contributed by atoms with van der Waals surface area (Å²) in [4.78, 5) is 1.27. The van der Waals surface area contributed by atoms with Crippen LogP contribution < -0.4 is 0 Å². The van der Waals surface area contributed by atoms with Crippen LogP contribution in [0, 0.1) is 6.07 Å². The predicted octanol–water partition coefficient (Wildman–Crippen LogP) is 5.52. The molecule has 4 rings (SSSR count). The second-order valence-corrected chi connectivity index (χ2v) is 5.58. The Morgan fingerprint density at radius 1 is 0.737 bits per heavy atom. The number of rotatable bonds is 1. The quantitative estimate of drug-likeness (QED) is 0.395. The summed E-state index contributed by atoms with van der Waals surface area (Å²) < 4.78 is 0. The van der Waals surface area contributed by atoms with Crippen LogP contribution in [0.4, 0.5) is 0 Å². The summed E-state index contributed by atoms with van der Waals surface area (Å²) in [5.41, 5.74) is 1.18. The Morgan fingerprint density at radius 3 is 2.37 bits per heavy atom. The van der Waals surface area contributed by atoms with Gasteiger partial charge in [-0.2, -0.15) is 0 Å². The molecule has 4 aromatic rings. The van der Waals surface area contributed by atoms with Crippen LogP contribution >= 0.6 is 11.3 Å². The lowest BCUT2D eigenvalue weighted by atomic mass is 10.0. The first-order valence-corrected chi connectivity index (χ1v) is 7.17. The van der Waals surface area contributed by atoms with Gasteiger partial charge in [0.25, 0.3) is 0 Å². The lowest BCUT2D eigenvalue weighted by Crippen LogP contribution is -1.78. The average molecular weight is 259 g/mol. The summed E-state index contributed by atoms with van der Waals surface area (Å²) in [6.07, 6.45) is 0. The standard InChI is InChI=1S/C18H11S/c1-2-5-14-11-17-12-16(18-6-3-9-19-18)8-7-15(17)10-13(14)4-1/h1-11H. The highest BCUT2D eigenvalue weighted by Crippen LogP contribution is 2.29. The van der Waals surface area contributed by atoms with E-state index in [1.165, 1.54) is 32.0 Å². The Kier molecular flexibility index (Phi) is 2.39. The molecular formula is C18H11S. The zero-order chi connectivity index (χ0) is 12.7. The van der Waals surface area contributed by atoms with E-state index in [1.54, 1.807) is 11.3 Å². The first-order chi connectivity index (χ1) is 9.40. The molecule has 0 nitrogen and oxygen atoms in total. The van der Waals surface area contributed by atoms with E-state index in [-0.39, 0.29) is 0 Å². The molecule has 1 heteroatoms. The van der Waals surface area contributed by atoms with Gasteiger partial charge in [0.1, 0.15) is 0 Å². The second kappa shape index (κ2) is 4.22. The van der Waals surface area contributed by atoms with Crippen molar-refractivity contribution in [2.24, 2.45) is 0 Å². The van der Waals surface area contributed by atoms with E-state index in [1.807, 2.05) is 0 Å². The summed E-state index contributed by atoms with van der Waals surface area (Å²) in [7, 11) is 0. The molecule has 0 fully saturated rings. The smallest absolute Gasteiger partial charge is 0.0349 e. The van der Waals surface area contributed by atoms with E-state index >= 15 is 0 Å². The van der Waals surface area contributed by atoms with Gasteiger partial charge in [-0.25, -0.2) is 0 Å². The van der Waals surface area contributed by atoms with Crippen LogP contribution in [0.15, 0.2) is 66.0 Å². The first-order valence-electron chi connectivity index (χ1n) is 6.29. The lowest BCUT2D eigenvalue weighted by Gasteiger charge is -2.04.